The molecule has 1 fully saturated rings. The van der Waals surface area contributed by atoms with Crippen LogP contribution in [0.5, 0.6) is 0 Å². The second-order valence-corrected chi connectivity index (χ2v) is 6.13. The number of nitrogens with two attached hydrogens (primary N) is 1. The van der Waals surface area contributed by atoms with E-state index in [1.807, 2.05) is 6.07 Å². The third-order valence-electron chi connectivity index (χ3n) is 4.29. The van der Waals surface area contributed by atoms with Gasteiger partial charge in [-0.1, -0.05) is 18.2 Å². The summed E-state index contributed by atoms with van der Waals surface area (Å²) in [7, 11) is 0. The molecule has 8 heteroatoms. The van der Waals surface area contributed by atoms with Gasteiger partial charge >= 0.3 is 0 Å². The van der Waals surface area contributed by atoms with E-state index in [-0.39, 0.29) is 49.1 Å². The minimum atomic E-state index is -0.265. The van der Waals surface area contributed by atoms with Crippen molar-refractivity contribution < 1.29 is 14.4 Å². The lowest BCUT2D eigenvalue weighted by Gasteiger charge is -2.36. The molecule has 4 N–H and O–H groups in total. The molecule has 0 aliphatic carbocycles. The van der Waals surface area contributed by atoms with Crippen LogP contribution in [0.15, 0.2) is 30.3 Å². The molecule has 1 unspecified atom stereocenters. The van der Waals surface area contributed by atoms with Crippen molar-refractivity contribution in [1.29, 1.82) is 0 Å². The van der Waals surface area contributed by atoms with E-state index < -0.39 is 0 Å². The van der Waals surface area contributed by atoms with Crippen molar-refractivity contribution in [2.45, 2.75) is 31.7 Å². The summed E-state index contributed by atoms with van der Waals surface area (Å²) in [5.41, 5.74) is 5.89. The van der Waals surface area contributed by atoms with E-state index in [0.717, 1.165) is 19.3 Å². The molecule has 7 nitrogen and oxygen atoms in total. The van der Waals surface area contributed by atoms with Crippen LogP contribution in [0.1, 0.15) is 36.0 Å². The molecule has 1 aliphatic rings. The average molecular weight is 383 g/mol. The van der Waals surface area contributed by atoms with Crippen molar-refractivity contribution in [2.24, 2.45) is 5.73 Å². The van der Waals surface area contributed by atoms with Crippen LogP contribution in [0.4, 0.5) is 0 Å². The molecular weight excluding hydrogens is 356 g/mol. The Labute approximate surface area is 160 Å². The predicted octanol–water partition coefficient (Wildman–Crippen LogP) is 0.684. The van der Waals surface area contributed by atoms with E-state index in [1.54, 1.807) is 29.2 Å². The van der Waals surface area contributed by atoms with E-state index in [9.17, 15) is 14.4 Å². The summed E-state index contributed by atoms with van der Waals surface area (Å²) >= 11 is 0. The highest BCUT2D eigenvalue weighted by atomic mass is 35.5. The highest BCUT2D eigenvalue weighted by Crippen LogP contribution is 2.16. The zero-order chi connectivity index (χ0) is 18.1. The Kier molecular flexibility index (Phi) is 9.69. The van der Waals surface area contributed by atoms with Crippen molar-refractivity contribution in [2.75, 3.05) is 26.2 Å². The van der Waals surface area contributed by atoms with Crippen molar-refractivity contribution in [3.63, 3.8) is 0 Å². The molecule has 3 amide bonds. The number of nitrogens with one attached hydrogen (secondary N) is 2. The number of hydrogen-bond acceptors (Lipinski definition) is 4. The number of benzene rings is 1. The van der Waals surface area contributed by atoms with Crippen LogP contribution in [0.25, 0.3) is 0 Å². The number of carbonyl (C=O) groups is 3. The topological polar surface area (TPSA) is 105 Å². The Bertz CT molecular complexity index is 597. The lowest BCUT2D eigenvalue weighted by atomic mass is 10.0. The smallest absolute Gasteiger partial charge is 0.251 e. The van der Waals surface area contributed by atoms with E-state index in [4.69, 9.17) is 5.73 Å². The summed E-state index contributed by atoms with van der Waals surface area (Å²) in [6.45, 7) is 1.35. The molecule has 1 aromatic rings. The molecule has 2 rings (SSSR count). The number of piperidine rings is 1. The SMILES string of the molecule is Cl.NCCC(=O)NCC1CCCCN1C(=O)CNC(=O)c1ccccc1. The number of likely N-dealkylation sites (tertiary alicyclic amines) is 1. The Morgan fingerprint density at radius 2 is 1.85 bits per heavy atom. The first-order valence-corrected chi connectivity index (χ1v) is 8.71. The lowest BCUT2D eigenvalue weighted by Crippen LogP contribution is -2.52. The number of rotatable bonds is 7. The third kappa shape index (κ3) is 6.65. The quantitative estimate of drug-likeness (QED) is 0.645. The van der Waals surface area contributed by atoms with Gasteiger partial charge in [-0.05, 0) is 31.4 Å². The maximum Gasteiger partial charge on any atom is 0.251 e. The number of carbonyl (C=O) groups excluding carboxylic acids is 3. The fourth-order valence-electron chi connectivity index (χ4n) is 2.94. The molecule has 1 atom stereocenters. The molecule has 1 aromatic carbocycles. The molecular formula is C18H27ClN4O3. The van der Waals surface area contributed by atoms with Gasteiger partial charge in [-0.15, -0.1) is 12.4 Å². The lowest BCUT2D eigenvalue weighted by molar-refractivity contribution is -0.134. The molecule has 0 radical (unpaired) electrons. The molecule has 0 saturated carbocycles. The van der Waals surface area contributed by atoms with Gasteiger partial charge in [0.25, 0.3) is 5.91 Å². The fourth-order valence-corrected chi connectivity index (χ4v) is 2.94. The Morgan fingerprint density at radius 1 is 1.12 bits per heavy atom. The Balaban J connectivity index is 0.00000338. The molecule has 0 aromatic heterocycles. The molecule has 26 heavy (non-hydrogen) atoms. The van der Waals surface area contributed by atoms with Gasteiger partial charge in [0.1, 0.15) is 0 Å². The van der Waals surface area contributed by atoms with E-state index in [2.05, 4.69) is 10.6 Å². The largest absolute Gasteiger partial charge is 0.354 e. The van der Waals surface area contributed by atoms with Gasteiger partial charge in [-0.3, -0.25) is 14.4 Å². The number of nitrogens with zero attached hydrogens (tertiary/aromatic N) is 1. The molecule has 0 spiro atoms. The predicted molar refractivity (Wildman–Crippen MR) is 102 cm³/mol. The summed E-state index contributed by atoms with van der Waals surface area (Å²) in [6, 6.07) is 8.77. The monoisotopic (exact) mass is 382 g/mol. The van der Waals surface area contributed by atoms with Crippen LogP contribution < -0.4 is 16.4 Å². The van der Waals surface area contributed by atoms with Crippen molar-refractivity contribution in [3.05, 3.63) is 35.9 Å². The van der Waals surface area contributed by atoms with E-state index >= 15 is 0 Å². The zero-order valence-corrected chi connectivity index (χ0v) is 15.6. The summed E-state index contributed by atoms with van der Waals surface area (Å²) in [4.78, 5) is 37.9. The number of halogens is 1. The molecule has 1 saturated heterocycles. The first-order chi connectivity index (χ1) is 12.1. The first kappa shape index (κ1) is 21.9. The molecule has 1 heterocycles. The Hall–Kier alpha value is -2.12. The summed E-state index contributed by atoms with van der Waals surface area (Å²) < 4.78 is 0. The molecule has 0 bridgehead atoms. The highest BCUT2D eigenvalue weighted by Gasteiger charge is 2.27. The van der Waals surface area contributed by atoms with E-state index in [1.165, 1.54) is 0 Å². The van der Waals surface area contributed by atoms with Gasteiger partial charge in [-0.2, -0.15) is 0 Å². The van der Waals surface area contributed by atoms with Crippen LogP contribution in [-0.2, 0) is 9.59 Å². The third-order valence-corrected chi connectivity index (χ3v) is 4.29. The van der Waals surface area contributed by atoms with Crippen molar-refractivity contribution >= 4 is 30.1 Å². The maximum atomic E-state index is 12.5. The zero-order valence-electron chi connectivity index (χ0n) is 14.8. The van der Waals surface area contributed by atoms with Gasteiger partial charge < -0.3 is 21.3 Å². The number of hydrogen-bond donors (Lipinski definition) is 3. The second-order valence-electron chi connectivity index (χ2n) is 6.13. The van der Waals surface area contributed by atoms with Gasteiger partial charge in [0.15, 0.2) is 0 Å². The van der Waals surface area contributed by atoms with Gasteiger partial charge in [0, 0.05) is 37.7 Å². The Morgan fingerprint density at radius 3 is 2.54 bits per heavy atom. The van der Waals surface area contributed by atoms with Gasteiger partial charge in [0.2, 0.25) is 11.8 Å². The maximum absolute atomic E-state index is 12.5. The normalized spacial score (nSPS) is 16.3. The first-order valence-electron chi connectivity index (χ1n) is 8.71. The van der Waals surface area contributed by atoms with Crippen molar-refractivity contribution in [3.8, 4) is 0 Å². The standard InChI is InChI=1S/C18H26N4O3.ClH/c19-10-9-16(23)20-12-15-8-4-5-11-22(15)17(24)13-21-18(25)14-6-2-1-3-7-14;/h1-3,6-7,15H,4-5,8-13,19H2,(H,20,23)(H,21,25);1H. The summed E-state index contributed by atoms with van der Waals surface area (Å²) in [6.07, 6.45) is 3.10. The van der Waals surface area contributed by atoms with Gasteiger partial charge in [-0.25, -0.2) is 0 Å². The van der Waals surface area contributed by atoms with Crippen LogP contribution in [0, 0.1) is 0 Å². The fraction of sp³-hybridized carbons (Fsp3) is 0.500. The molecule has 1 aliphatic heterocycles. The molecule has 144 valence electrons. The van der Waals surface area contributed by atoms with Crippen LogP contribution >= 0.6 is 12.4 Å². The van der Waals surface area contributed by atoms with E-state index in [0.29, 0.717) is 25.2 Å². The minimum absolute atomic E-state index is 0. The summed E-state index contributed by atoms with van der Waals surface area (Å²) in [5, 5.41) is 5.50. The summed E-state index contributed by atoms with van der Waals surface area (Å²) in [5.74, 6) is -0.487. The van der Waals surface area contributed by atoms with Crippen LogP contribution in [0.2, 0.25) is 0 Å². The highest BCUT2D eigenvalue weighted by molar-refractivity contribution is 5.96. The van der Waals surface area contributed by atoms with Crippen molar-refractivity contribution in [1.82, 2.24) is 15.5 Å². The van der Waals surface area contributed by atoms with Gasteiger partial charge in [0.05, 0.1) is 6.54 Å². The minimum Gasteiger partial charge on any atom is -0.354 e. The average Bonchev–Trinajstić information content (AvgIpc) is 2.65. The number of amides is 3. The van der Waals surface area contributed by atoms with Crippen LogP contribution in [-0.4, -0.2) is 54.8 Å². The second kappa shape index (κ2) is 11.5. The van der Waals surface area contributed by atoms with Crippen LogP contribution in [0.3, 0.4) is 0 Å².